The van der Waals surface area contributed by atoms with E-state index in [9.17, 15) is 15.0 Å². The van der Waals surface area contributed by atoms with Gasteiger partial charge in [-0.15, -0.1) is 5.10 Å². The minimum atomic E-state index is -0.634. The van der Waals surface area contributed by atoms with Crippen LogP contribution in [0.25, 0.3) is 0 Å². The van der Waals surface area contributed by atoms with Crippen molar-refractivity contribution in [3.63, 3.8) is 0 Å². The van der Waals surface area contributed by atoms with Crippen LogP contribution in [-0.4, -0.2) is 49.8 Å². The van der Waals surface area contributed by atoms with Crippen LogP contribution in [0.1, 0.15) is 34.1 Å². The standard InChI is InChI=1S/C21H21N3O7/c1-29-18-3-2-12(6-15(18)26)19-9-17(28)21-16(27)7-14(8-20(21)31-19)30-11-13-10-24(4-5-25)23-22-13/h2-3,6-8,10,19,25-27H,4-5,9,11H2,1H3/t19-/m0/s1. The van der Waals surface area contributed by atoms with Gasteiger partial charge in [0.15, 0.2) is 17.3 Å². The van der Waals surface area contributed by atoms with Gasteiger partial charge in [0.1, 0.15) is 41.2 Å². The molecule has 2 heterocycles. The number of aromatic nitrogens is 3. The largest absolute Gasteiger partial charge is 0.507 e. The zero-order valence-corrected chi connectivity index (χ0v) is 16.7. The van der Waals surface area contributed by atoms with E-state index in [2.05, 4.69) is 10.3 Å². The monoisotopic (exact) mass is 427 g/mol. The molecule has 1 aromatic heterocycles. The minimum Gasteiger partial charge on any atom is -0.507 e. The van der Waals surface area contributed by atoms with Gasteiger partial charge in [-0.2, -0.15) is 0 Å². The van der Waals surface area contributed by atoms with Crippen LogP contribution in [0.5, 0.6) is 28.7 Å². The SMILES string of the molecule is COc1ccc([C@@H]2CC(=O)c3c(O)cc(OCc4cn(CCO)nn4)cc3O2)cc1O. The summed E-state index contributed by atoms with van der Waals surface area (Å²) in [5.41, 5.74) is 1.23. The van der Waals surface area contributed by atoms with Crippen LogP contribution in [0.15, 0.2) is 36.5 Å². The van der Waals surface area contributed by atoms with Crippen molar-refractivity contribution in [3.8, 4) is 28.7 Å². The van der Waals surface area contributed by atoms with E-state index in [4.69, 9.17) is 19.3 Å². The molecule has 0 aliphatic carbocycles. The molecular formula is C21H21N3O7. The lowest BCUT2D eigenvalue weighted by Crippen LogP contribution is -2.20. The molecule has 0 spiro atoms. The van der Waals surface area contributed by atoms with Gasteiger partial charge in [-0.05, 0) is 17.7 Å². The highest BCUT2D eigenvalue weighted by Crippen LogP contribution is 2.43. The lowest BCUT2D eigenvalue weighted by Gasteiger charge is -2.26. The van der Waals surface area contributed by atoms with Gasteiger partial charge >= 0.3 is 0 Å². The molecule has 3 aromatic rings. The number of Topliss-reactive ketones (excluding diaryl/α,β-unsaturated/α-hetero) is 1. The van der Waals surface area contributed by atoms with Crippen molar-refractivity contribution in [2.75, 3.05) is 13.7 Å². The van der Waals surface area contributed by atoms with Gasteiger partial charge in [-0.3, -0.25) is 4.79 Å². The summed E-state index contributed by atoms with van der Waals surface area (Å²) in [5, 5.41) is 37.1. The van der Waals surface area contributed by atoms with Crippen LogP contribution in [0.2, 0.25) is 0 Å². The molecule has 1 atom stereocenters. The fourth-order valence-corrected chi connectivity index (χ4v) is 3.36. The van der Waals surface area contributed by atoms with Gasteiger partial charge in [0.05, 0.1) is 32.9 Å². The van der Waals surface area contributed by atoms with Crippen molar-refractivity contribution >= 4 is 5.78 Å². The molecule has 0 unspecified atom stereocenters. The number of carbonyl (C=O) groups is 1. The molecule has 3 N–H and O–H groups in total. The Hall–Kier alpha value is -3.79. The molecule has 2 aromatic carbocycles. The number of ether oxygens (including phenoxy) is 3. The molecule has 1 aliphatic heterocycles. The molecule has 1 aliphatic rings. The van der Waals surface area contributed by atoms with E-state index in [0.29, 0.717) is 29.3 Å². The molecule has 162 valence electrons. The summed E-state index contributed by atoms with van der Waals surface area (Å²) in [6, 6.07) is 7.66. The van der Waals surface area contributed by atoms with E-state index < -0.39 is 6.10 Å². The fourth-order valence-electron chi connectivity index (χ4n) is 3.36. The molecular weight excluding hydrogens is 406 g/mol. The number of hydrogen-bond donors (Lipinski definition) is 3. The van der Waals surface area contributed by atoms with E-state index in [1.165, 1.54) is 30.0 Å². The number of phenolic OH excluding ortho intramolecular Hbond substituents is 2. The molecule has 31 heavy (non-hydrogen) atoms. The van der Waals surface area contributed by atoms with E-state index >= 15 is 0 Å². The molecule has 0 fully saturated rings. The third-order valence-electron chi connectivity index (χ3n) is 4.85. The first-order chi connectivity index (χ1) is 15.0. The molecule has 0 saturated heterocycles. The summed E-state index contributed by atoms with van der Waals surface area (Å²) in [7, 11) is 1.45. The fraction of sp³-hybridized carbons (Fsp3) is 0.286. The Balaban J connectivity index is 1.54. The summed E-state index contributed by atoms with van der Waals surface area (Å²) in [6.45, 7) is 0.346. The number of fused-ring (bicyclic) bond motifs is 1. The van der Waals surface area contributed by atoms with Crippen LogP contribution in [0.4, 0.5) is 0 Å². The maximum Gasteiger partial charge on any atom is 0.174 e. The summed E-state index contributed by atoms with van der Waals surface area (Å²) in [5.74, 6) is 0.219. The Kier molecular flexibility index (Phi) is 5.63. The number of aromatic hydroxyl groups is 2. The smallest absolute Gasteiger partial charge is 0.174 e. The van der Waals surface area contributed by atoms with Crippen LogP contribution in [0, 0.1) is 0 Å². The summed E-state index contributed by atoms with van der Waals surface area (Å²) in [6.07, 6.45) is 1.02. The number of nitrogens with zero attached hydrogens (tertiary/aromatic N) is 3. The van der Waals surface area contributed by atoms with E-state index in [1.54, 1.807) is 18.3 Å². The maximum atomic E-state index is 12.6. The number of aliphatic hydroxyl groups is 1. The first-order valence-corrected chi connectivity index (χ1v) is 9.55. The first kappa shape index (κ1) is 20.5. The Labute approximate surface area is 177 Å². The summed E-state index contributed by atoms with van der Waals surface area (Å²) < 4.78 is 18.2. The third kappa shape index (κ3) is 4.24. The van der Waals surface area contributed by atoms with Crippen molar-refractivity contribution in [2.24, 2.45) is 0 Å². The number of rotatable bonds is 7. The number of hydrogen-bond acceptors (Lipinski definition) is 9. The number of carbonyl (C=O) groups excluding carboxylic acids is 1. The zero-order valence-electron chi connectivity index (χ0n) is 16.7. The predicted molar refractivity (Wildman–Crippen MR) is 107 cm³/mol. The molecule has 10 heteroatoms. The van der Waals surface area contributed by atoms with Gasteiger partial charge < -0.3 is 29.5 Å². The molecule has 0 saturated carbocycles. The van der Waals surface area contributed by atoms with Crippen molar-refractivity contribution in [1.82, 2.24) is 15.0 Å². The van der Waals surface area contributed by atoms with Crippen LogP contribution < -0.4 is 14.2 Å². The third-order valence-corrected chi connectivity index (χ3v) is 4.85. The van der Waals surface area contributed by atoms with Gasteiger partial charge in [-0.25, -0.2) is 4.68 Å². The number of phenols is 2. The maximum absolute atomic E-state index is 12.6. The molecule has 4 rings (SSSR count). The number of methoxy groups -OCH3 is 1. The normalized spacial score (nSPS) is 15.3. The number of ketones is 1. The van der Waals surface area contributed by atoms with Crippen molar-refractivity contribution in [2.45, 2.75) is 25.7 Å². The van der Waals surface area contributed by atoms with Gasteiger partial charge in [0, 0.05) is 12.1 Å². The Morgan fingerprint density at radius 2 is 2.06 bits per heavy atom. The van der Waals surface area contributed by atoms with Crippen molar-refractivity contribution in [3.05, 3.63) is 53.3 Å². The summed E-state index contributed by atoms with van der Waals surface area (Å²) in [4.78, 5) is 12.6. The van der Waals surface area contributed by atoms with Gasteiger partial charge in [0.25, 0.3) is 0 Å². The Morgan fingerprint density at radius 3 is 2.81 bits per heavy atom. The second-order valence-electron chi connectivity index (χ2n) is 6.97. The second kappa shape index (κ2) is 8.52. The highest BCUT2D eigenvalue weighted by Gasteiger charge is 2.31. The zero-order chi connectivity index (χ0) is 22.0. The minimum absolute atomic E-state index is 0.0144. The Bertz CT molecular complexity index is 1110. The number of aliphatic hydroxyl groups excluding tert-OH is 1. The number of benzene rings is 2. The Morgan fingerprint density at radius 1 is 1.23 bits per heavy atom. The van der Waals surface area contributed by atoms with E-state index in [-0.39, 0.29) is 48.2 Å². The van der Waals surface area contributed by atoms with Gasteiger partial charge in [0.2, 0.25) is 0 Å². The van der Waals surface area contributed by atoms with Crippen molar-refractivity contribution < 1.29 is 34.3 Å². The van der Waals surface area contributed by atoms with Crippen LogP contribution in [-0.2, 0) is 13.2 Å². The summed E-state index contributed by atoms with van der Waals surface area (Å²) >= 11 is 0. The predicted octanol–water partition coefficient (Wildman–Crippen LogP) is 1.98. The molecule has 0 radical (unpaired) electrons. The van der Waals surface area contributed by atoms with E-state index in [1.807, 2.05) is 0 Å². The van der Waals surface area contributed by atoms with Crippen molar-refractivity contribution in [1.29, 1.82) is 0 Å². The topological polar surface area (TPSA) is 136 Å². The molecule has 10 nitrogen and oxygen atoms in total. The van der Waals surface area contributed by atoms with Gasteiger partial charge in [-0.1, -0.05) is 11.3 Å². The molecule has 0 bridgehead atoms. The van der Waals surface area contributed by atoms with Crippen LogP contribution >= 0.6 is 0 Å². The first-order valence-electron chi connectivity index (χ1n) is 9.55. The lowest BCUT2D eigenvalue weighted by molar-refractivity contribution is 0.0844. The second-order valence-corrected chi connectivity index (χ2v) is 6.97. The lowest BCUT2D eigenvalue weighted by atomic mass is 9.95. The average molecular weight is 427 g/mol. The highest BCUT2D eigenvalue weighted by atomic mass is 16.5. The quantitative estimate of drug-likeness (QED) is 0.517. The van der Waals surface area contributed by atoms with E-state index in [0.717, 1.165) is 0 Å². The highest BCUT2D eigenvalue weighted by molar-refractivity contribution is 6.02. The molecule has 0 amide bonds. The van der Waals surface area contributed by atoms with Crippen LogP contribution in [0.3, 0.4) is 0 Å². The average Bonchev–Trinajstić information content (AvgIpc) is 3.19.